The molecule has 1 saturated heterocycles. The number of ether oxygens (including phenoxy) is 2. The van der Waals surface area contributed by atoms with Crippen LogP contribution in [0.5, 0.6) is 5.88 Å². The van der Waals surface area contributed by atoms with Gasteiger partial charge in [-0.2, -0.15) is 0 Å². The molecule has 1 aliphatic carbocycles. The summed E-state index contributed by atoms with van der Waals surface area (Å²) >= 11 is 0. The van der Waals surface area contributed by atoms with Crippen LogP contribution in [0, 0.1) is 30.5 Å². The maximum Gasteiger partial charge on any atom is 0.410 e. The van der Waals surface area contributed by atoms with Gasteiger partial charge in [-0.05, 0) is 63.6 Å². The fourth-order valence-corrected chi connectivity index (χ4v) is 5.50. The molecular weight excluding hydrogens is 475 g/mol. The van der Waals surface area contributed by atoms with Gasteiger partial charge in [0.05, 0.1) is 28.9 Å². The zero-order chi connectivity index (χ0) is 25.3. The van der Waals surface area contributed by atoms with Crippen molar-refractivity contribution in [3.8, 4) is 5.88 Å². The molecule has 2 heterocycles. The van der Waals surface area contributed by atoms with Gasteiger partial charge in [0.15, 0.2) is 9.84 Å². The first-order valence-corrected chi connectivity index (χ1v) is 13.6. The summed E-state index contributed by atoms with van der Waals surface area (Å²) in [5, 5.41) is 2.90. The van der Waals surface area contributed by atoms with Gasteiger partial charge in [-0.15, -0.1) is 0 Å². The third-order valence-corrected chi connectivity index (χ3v) is 7.81. The van der Waals surface area contributed by atoms with E-state index in [4.69, 9.17) is 9.47 Å². The van der Waals surface area contributed by atoms with E-state index in [1.54, 1.807) is 11.8 Å². The Balaban J connectivity index is 1.41. The van der Waals surface area contributed by atoms with E-state index in [9.17, 15) is 17.6 Å². The van der Waals surface area contributed by atoms with E-state index >= 15 is 0 Å². The average Bonchev–Trinajstić information content (AvgIpc) is 3.01. The van der Waals surface area contributed by atoms with Crippen LogP contribution in [-0.2, 0) is 14.6 Å². The van der Waals surface area contributed by atoms with Crippen LogP contribution < -0.4 is 10.1 Å². The minimum Gasteiger partial charge on any atom is -0.477 e. The number of nitrogens with zero attached hydrogens (tertiary/aromatic N) is 3. The third kappa shape index (κ3) is 5.66. The zero-order valence-corrected chi connectivity index (χ0v) is 21.1. The van der Waals surface area contributed by atoms with Crippen molar-refractivity contribution in [1.29, 1.82) is 0 Å². The van der Waals surface area contributed by atoms with Crippen LogP contribution in [-0.4, -0.2) is 61.4 Å². The van der Waals surface area contributed by atoms with Crippen molar-refractivity contribution in [3.05, 3.63) is 35.9 Å². The summed E-state index contributed by atoms with van der Waals surface area (Å²) in [6.45, 7) is 7.26. The number of hydrogen-bond acceptors (Lipinski definition) is 8. The van der Waals surface area contributed by atoms with Crippen LogP contribution in [0.4, 0.5) is 20.7 Å². The Morgan fingerprint density at radius 1 is 1.23 bits per heavy atom. The number of piperidine rings is 1. The smallest absolute Gasteiger partial charge is 0.410 e. The standard InChI is InChI=1S/C24H31FN4O5S/c1-14(2)34-24(30)29-10-16-5-6-17(11-29)19(16)12-33-23-15(3)22(26-13-27-23)28-21-8-7-18(9-20(21)25)35(4,31)32/h7-9,13-14,16-17,19H,5-6,10-12H2,1-4H3,(H,26,27,28). The maximum atomic E-state index is 14.5. The lowest BCUT2D eigenvalue weighted by Gasteiger charge is -2.37. The monoisotopic (exact) mass is 506 g/mol. The first-order chi connectivity index (χ1) is 16.5. The molecule has 2 unspecified atom stereocenters. The summed E-state index contributed by atoms with van der Waals surface area (Å²) < 4.78 is 49.3. The van der Waals surface area contributed by atoms with Gasteiger partial charge in [0.2, 0.25) is 5.88 Å². The highest BCUT2D eigenvalue weighted by molar-refractivity contribution is 7.90. The molecule has 1 N–H and O–H groups in total. The molecule has 9 nitrogen and oxygen atoms in total. The van der Waals surface area contributed by atoms with Gasteiger partial charge in [0.25, 0.3) is 0 Å². The number of halogens is 1. The lowest BCUT2D eigenvalue weighted by atomic mass is 9.86. The molecule has 2 fully saturated rings. The highest BCUT2D eigenvalue weighted by Gasteiger charge is 2.44. The van der Waals surface area contributed by atoms with E-state index in [1.807, 2.05) is 13.8 Å². The van der Waals surface area contributed by atoms with Crippen molar-refractivity contribution in [3.63, 3.8) is 0 Å². The number of nitrogens with one attached hydrogen (secondary N) is 1. The minimum absolute atomic E-state index is 0.0953. The second-order valence-electron chi connectivity index (χ2n) is 9.60. The third-order valence-electron chi connectivity index (χ3n) is 6.70. The minimum atomic E-state index is -3.51. The zero-order valence-electron chi connectivity index (χ0n) is 20.3. The summed E-state index contributed by atoms with van der Waals surface area (Å²) in [5.74, 6) is 1.07. The molecule has 1 aliphatic heterocycles. The van der Waals surface area contributed by atoms with E-state index in [1.165, 1.54) is 18.5 Å². The highest BCUT2D eigenvalue weighted by Crippen LogP contribution is 2.42. The fourth-order valence-electron chi connectivity index (χ4n) is 4.87. The summed E-state index contributed by atoms with van der Waals surface area (Å²) in [4.78, 5) is 22.5. The Morgan fingerprint density at radius 2 is 1.91 bits per heavy atom. The molecule has 1 aromatic carbocycles. The Hall–Kier alpha value is -2.95. The number of carbonyl (C=O) groups excluding carboxylic acids is 1. The average molecular weight is 507 g/mol. The van der Waals surface area contributed by atoms with E-state index in [0.717, 1.165) is 25.2 Å². The lowest BCUT2D eigenvalue weighted by molar-refractivity contribution is 0.0363. The van der Waals surface area contributed by atoms with Crippen molar-refractivity contribution in [2.75, 3.05) is 31.3 Å². The molecule has 0 radical (unpaired) electrons. The van der Waals surface area contributed by atoms with Gasteiger partial charge < -0.3 is 19.7 Å². The molecule has 11 heteroatoms. The topological polar surface area (TPSA) is 111 Å². The number of likely N-dealkylation sites (tertiary alicyclic amines) is 1. The molecular formula is C24H31FN4O5S. The molecule has 1 amide bonds. The van der Waals surface area contributed by atoms with Gasteiger partial charge >= 0.3 is 6.09 Å². The van der Waals surface area contributed by atoms with Crippen LogP contribution in [0.3, 0.4) is 0 Å². The summed E-state index contributed by atoms with van der Waals surface area (Å²) in [7, 11) is -3.51. The first-order valence-electron chi connectivity index (χ1n) is 11.7. The number of rotatable bonds is 7. The van der Waals surface area contributed by atoms with Crippen LogP contribution in [0.2, 0.25) is 0 Å². The highest BCUT2D eigenvalue weighted by atomic mass is 32.2. The Labute approximate surface area is 205 Å². The van der Waals surface area contributed by atoms with Gasteiger partial charge in [-0.3, -0.25) is 0 Å². The number of hydrogen-bond donors (Lipinski definition) is 1. The van der Waals surface area contributed by atoms with E-state index in [2.05, 4.69) is 15.3 Å². The summed E-state index contributed by atoms with van der Waals surface area (Å²) in [6.07, 6.45) is 4.06. The maximum absolute atomic E-state index is 14.5. The second kappa shape index (κ2) is 9.96. The number of amides is 1. The van der Waals surface area contributed by atoms with Crippen LogP contribution >= 0.6 is 0 Å². The number of aromatic nitrogens is 2. The van der Waals surface area contributed by atoms with E-state index in [0.29, 0.717) is 54.7 Å². The Morgan fingerprint density at radius 3 is 2.51 bits per heavy atom. The molecule has 2 aliphatic rings. The predicted octanol–water partition coefficient (Wildman–Crippen LogP) is 3.95. The van der Waals surface area contributed by atoms with Gasteiger partial charge in [-0.25, -0.2) is 27.6 Å². The summed E-state index contributed by atoms with van der Waals surface area (Å²) in [5.41, 5.74) is 0.716. The quantitative estimate of drug-likeness (QED) is 0.601. The number of sulfone groups is 1. The van der Waals surface area contributed by atoms with Crippen LogP contribution in [0.1, 0.15) is 32.3 Å². The molecule has 1 aromatic heterocycles. The van der Waals surface area contributed by atoms with E-state index < -0.39 is 15.7 Å². The number of carbonyl (C=O) groups is 1. The normalized spacial score (nSPS) is 21.8. The first kappa shape index (κ1) is 25.2. The Bertz CT molecular complexity index is 1190. The van der Waals surface area contributed by atoms with Crippen molar-refractivity contribution in [2.45, 2.75) is 44.6 Å². The number of fused-ring (bicyclic) bond motifs is 2. The SMILES string of the molecule is Cc1c(Nc2ccc(S(C)(=O)=O)cc2F)ncnc1OCC1C2CCC1CN(C(=O)OC(C)C)C2. The van der Waals surface area contributed by atoms with Crippen molar-refractivity contribution >= 4 is 27.4 Å². The summed E-state index contributed by atoms with van der Waals surface area (Å²) in [6, 6.07) is 3.68. The van der Waals surface area contributed by atoms with Gasteiger partial charge in [-0.1, -0.05) is 0 Å². The van der Waals surface area contributed by atoms with Crippen molar-refractivity contribution < 1.29 is 27.1 Å². The van der Waals surface area contributed by atoms with Crippen LogP contribution in [0.25, 0.3) is 0 Å². The largest absolute Gasteiger partial charge is 0.477 e. The van der Waals surface area contributed by atoms with Gasteiger partial charge in [0, 0.05) is 25.3 Å². The molecule has 2 atom stereocenters. The number of benzene rings is 1. The van der Waals surface area contributed by atoms with Crippen LogP contribution in [0.15, 0.2) is 29.4 Å². The molecule has 35 heavy (non-hydrogen) atoms. The molecule has 190 valence electrons. The number of anilines is 2. The molecule has 4 rings (SSSR count). The molecule has 2 bridgehead atoms. The lowest BCUT2D eigenvalue weighted by Crippen LogP contribution is -2.47. The van der Waals surface area contributed by atoms with Crippen molar-refractivity contribution in [2.24, 2.45) is 17.8 Å². The molecule has 2 aromatic rings. The van der Waals surface area contributed by atoms with Crippen molar-refractivity contribution in [1.82, 2.24) is 14.9 Å². The predicted molar refractivity (Wildman–Crippen MR) is 128 cm³/mol. The van der Waals surface area contributed by atoms with E-state index in [-0.39, 0.29) is 22.8 Å². The van der Waals surface area contributed by atoms with Gasteiger partial charge in [0.1, 0.15) is 18.0 Å². The molecule has 0 spiro atoms. The Kier molecular flexibility index (Phi) is 7.16. The fraction of sp³-hybridized carbons (Fsp3) is 0.542. The molecule has 1 saturated carbocycles. The second-order valence-corrected chi connectivity index (χ2v) is 11.6.